The highest BCUT2D eigenvalue weighted by atomic mass is 19.3. The van der Waals surface area contributed by atoms with Gasteiger partial charge in [-0.25, -0.2) is 13.2 Å². The molecule has 1 N–H and O–H groups in total. The maximum atomic E-state index is 12.9. The fourth-order valence-corrected chi connectivity index (χ4v) is 2.10. The van der Waals surface area contributed by atoms with E-state index in [9.17, 15) is 18.0 Å². The SMILES string of the molecule is O=C(O)C1(c2cccc(F)c2)CC(F)(F)C1. The van der Waals surface area contributed by atoms with Gasteiger partial charge in [-0.05, 0) is 17.7 Å². The predicted octanol–water partition coefficient (Wildman–Crippen LogP) is 2.58. The molecule has 0 heterocycles. The lowest BCUT2D eigenvalue weighted by atomic mass is 9.62. The highest BCUT2D eigenvalue weighted by molar-refractivity contribution is 5.83. The van der Waals surface area contributed by atoms with Crippen molar-refractivity contribution >= 4 is 5.97 Å². The fourth-order valence-electron chi connectivity index (χ4n) is 2.10. The van der Waals surface area contributed by atoms with Gasteiger partial charge >= 0.3 is 5.97 Å². The van der Waals surface area contributed by atoms with Gasteiger partial charge in [0.05, 0.1) is 0 Å². The number of benzene rings is 1. The lowest BCUT2D eigenvalue weighted by Crippen LogP contribution is -2.54. The minimum atomic E-state index is -2.97. The van der Waals surface area contributed by atoms with Crippen LogP contribution in [-0.4, -0.2) is 17.0 Å². The average Bonchev–Trinajstić information content (AvgIpc) is 2.13. The number of hydrogen-bond donors (Lipinski definition) is 1. The first-order valence-electron chi connectivity index (χ1n) is 4.73. The lowest BCUT2D eigenvalue weighted by molar-refractivity contribution is -0.174. The number of rotatable bonds is 2. The Morgan fingerprint density at radius 1 is 1.31 bits per heavy atom. The van der Waals surface area contributed by atoms with E-state index in [1.54, 1.807) is 0 Å². The van der Waals surface area contributed by atoms with E-state index in [1.165, 1.54) is 12.1 Å². The molecule has 5 heteroatoms. The van der Waals surface area contributed by atoms with Crippen LogP contribution in [0.2, 0.25) is 0 Å². The predicted molar refractivity (Wildman–Crippen MR) is 49.9 cm³/mol. The molecule has 0 saturated heterocycles. The second-order valence-electron chi connectivity index (χ2n) is 4.11. The van der Waals surface area contributed by atoms with Crippen LogP contribution in [0, 0.1) is 5.82 Å². The van der Waals surface area contributed by atoms with Crippen LogP contribution in [0.5, 0.6) is 0 Å². The van der Waals surface area contributed by atoms with Crippen LogP contribution < -0.4 is 0 Å². The van der Waals surface area contributed by atoms with Crippen molar-refractivity contribution < 1.29 is 23.1 Å². The Morgan fingerprint density at radius 2 is 1.94 bits per heavy atom. The van der Waals surface area contributed by atoms with Crippen LogP contribution in [-0.2, 0) is 10.2 Å². The molecule has 0 amide bonds. The highest BCUT2D eigenvalue weighted by Gasteiger charge is 2.62. The van der Waals surface area contributed by atoms with Crippen molar-refractivity contribution in [2.45, 2.75) is 24.2 Å². The van der Waals surface area contributed by atoms with Crippen molar-refractivity contribution in [3.63, 3.8) is 0 Å². The van der Waals surface area contributed by atoms with Gasteiger partial charge in [0.15, 0.2) is 0 Å². The van der Waals surface area contributed by atoms with Crippen molar-refractivity contribution in [3.8, 4) is 0 Å². The molecule has 1 aromatic rings. The smallest absolute Gasteiger partial charge is 0.314 e. The van der Waals surface area contributed by atoms with Gasteiger partial charge in [-0.2, -0.15) is 0 Å². The maximum Gasteiger partial charge on any atom is 0.314 e. The zero-order valence-corrected chi connectivity index (χ0v) is 8.21. The van der Waals surface area contributed by atoms with E-state index in [0.717, 1.165) is 12.1 Å². The van der Waals surface area contributed by atoms with Crippen molar-refractivity contribution in [2.75, 3.05) is 0 Å². The zero-order valence-electron chi connectivity index (χ0n) is 8.21. The van der Waals surface area contributed by atoms with Gasteiger partial charge in [-0.3, -0.25) is 4.79 Å². The molecule has 1 fully saturated rings. The number of halogens is 3. The summed E-state index contributed by atoms with van der Waals surface area (Å²) in [6, 6.07) is 4.84. The Morgan fingerprint density at radius 3 is 2.38 bits per heavy atom. The van der Waals surface area contributed by atoms with Gasteiger partial charge in [0.2, 0.25) is 0 Å². The molecule has 0 spiro atoms. The summed E-state index contributed by atoms with van der Waals surface area (Å²) in [4.78, 5) is 11.0. The summed E-state index contributed by atoms with van der Waals surface area (Å²) in [7, 11) is 0. The standard InChI is InChI=1S/C11H9F3O2/c12-8-3-1-2-7(4-8)10(9(15)16)5-11(13,14)6-10/h1-4H,5-6H2,(H,15,16). The van der Waals surface area contributed by atoms with Gasteiger partial charge < -0.3 is 5.11 Å². The van der Waals surface area contributed by atoms with Crippen LogP contribution >= 0.6 is 0 Å². The molecule has 0 atom stereocenters. The van der Waals surface area contributed by atoms with E-state index < -0.39 is 36.0 Å². The normalized spacial score (nSPS) is 21.2. The molecule has 1 aliphatic carbocycles. The summed E-state index contributed by atoms with van der Waals surface area (Å²) < 4.78 is 38.6. The molecule has 0 unspecified atom stereocenters. The highest BCUT2D eigenvalue weighted by Crippen LogP contribution is 2.53. The van der Waals surface area contributed by atoms with Crippen LogP contribution in [0.1, 0.15) is 18.4 Å². The molecule has 2 rings (SSSR count). The Kier molecular flexibility index (Phi) is 2.22. The number of carboxylic acid groups (broad SMARTS) is 1. The zero-order chi connectivity index (χ0) is 12.0. The van der Waals surface area contributed by atoms with Crippen molar-refractivity contribution in [3.05, 3.63) is 35.6 Å². The lowest BCUT2D eigenvalue weighted by Gasteiger charge is -2.44. The van der Waals surface area contributed by atoms with E-state index in [0.29, 0.717) is 0 Å². The number of hydrogen-bond acceptors (Lipinski definition) is 1. The van der Waals surface area contributed by atoms with E-state index >= 15 is 0 Å². The number of carbonyl (C=O) groups is 1. The van der Waals surface area contributed by atoms with E-state index in [1.807, 2.05) is 0 Å². The fraction of sp³-hybridized carbons (Fsp3) is 0.364. The molecule has 1 aromatic carbocycles. The third kappa shape index (κ3) is 1.56. The molecule has 0 radical (unpaired) electrons. The topological polar surface area (TPSA) is 37.3 Å². The Balaban J connectivity index is 2.40. The number of alkyl halides is 2. The third-order valence-corrected chi connectivity index (χ3v) is 2.91. The van der Waals surface area contributed by atoms with E-state index in [2.05, 4.69) is 0 Å². The van der Waals surface area contributed by atoms with Crippen LogP contribution in [0.4, 0.5) is 13.2 Å². The van der Waals surface area contributed by atoms with Crippen LogP contribution in [0.15, 0.2) is 24.3 Å². The monoisotopic (exact) mass is 230 g/mol. The molecule has 2 nitrogen and oxygen atoms in total. The quantitative estimate of drug-likeness (QED) is 0.847. The van der Waals surface area contributed by atoms with Gasteiger partial charge in [-0.15, -0.1) is 0 Å². The molecular weight excluding hydrogens is 221 g/mol. The molecule has 86 valence electrons. The van der Waals surface area contributed by atoms with Crippen LogP contribution in [0.3, 0.4) is 0 Å². The number of carboxylic acids is 1. The summed E-state index contributed by atoms with van der Waals surface area (Å²) in [5.74, 6) is -4.91. The van der Waals surface area contributed by atoms with Gasteiger partial charge in [-0.1, -0.05) is 12.1 Å². The summed E-state index contributed by atoms with van der Waals surface area (Å²) in [5, 5.41) is 9.00. The van der Waals surface area contributed by atoms with Crippen LogP contribution in [0.25, 0.3) is 0 Å². The first-order valence-corrected chi connectivity index (χ1v) is 4.73. The van der Waals surface area contributed by atoms with E-state index in [4.69, 9.17) is 5.11 Å². The molecule has 1 saturated carbocycles. The molecule has 0 bridgehead atoms. The van der Waals surface area contributed by atoms with Gasteiger partial charge in [0, 0.05) is 12.8 Å². The largest absolute Gasteiger partial charge is 0.481 e. The third-order valence-electron chi connectivity index (χ3n) is 2.91. The minimum Gasteiger partial charge on any atom is -0.481 e. The Labute approximate surface area is 89.7 Å². The van der Waals surface area contributed by atoms with Gasteiger partial charge in [0.1, 0.15) is 11.2 Å². The summed E-state index contributed by atoms with van der Waals surface area (Å²) in [6.07, 6.45) is -1.53. The van der Waals surface area contributed by atoms with Crippen molar-refractivity contribution in [1.82, 2.24) is 0 Å². The molecule has 0 aromatic heterocycles. The summed E-state index contributed by atoms with van der Waals surface area (Å²) in [5.41, 5.74) is -1.53. The van der Waals surface area contributed by atoms with E-state index in [-0.39, 0.29) is 5.56 Å². The Bertz CT molecular complexity index is 435. The second-order valence-corrected chi connectivity index (χ2v) is 4.11. The number of aliphatic carboxylic acids is 1. The van der Waals surface area contributed by atoms with Crippen molar-refractivity contribution in [1.29, 1.82) is 0 Å². The maximum absolute atomic E-state index is 12.9. The first-order chi connectivity index (χ1) is 7.36. The average molecular weight is 230 g/mol. The second kappa shape index (κ2) is 3.23. The Hall–Kier alpha value is -1.52. The first kappa shape index (κ1) is 11.0. The molecule has 16 heavy (non-hydrogen) atoms. The van der Waals surface area contributed by atoms with Crippen molar-refractivity contribution in [2.24, 2.45) is 0 Å². The molecule has 1 aliphatic rings. The summed E-state index contributed by atoms with van der Waals surface area (Å²) >= 11 is 0. The minimum absolute atomic E-state index is 0.103. The molecular formula is C11H9F3O2. The molecule has 0 aliphatic heterocycles. The summed E-state index contributed by atoms with van der Waals surface area (Å²) in [6.45, 7) is 0. The van der Waals surface area contributed by atoms with Gasteiger partial charge in [0.25, 0.3) is 5.92 Å².